The van der Waals surface area contributed by atoms with E-state index in [-0.39, 0.29) is 24.0 Å². The second-order valence-corrected chi connectivity index (χ2v) is 6.69. The third-order valence-electron chi connectivity index (χ3n) is 3.08. The van der Waals surface area contributed by atoms with Crippen LogP contribution in [-0.4, -0.2) is 29.9 Å². The normalized spacial score (nSPS) is 11.8. The van der Waals surface area contributed by atoms with E-state index in [9.17, 15) is 8.42 Å². The molecule has 1 aromatic carbocycles. The van der Waals surface area contributed by atoms with E-state index in [1.54, 1.807) is 12.1 Å². The van der Waals surface area contributed by atoms with Gasteiger partial charge in [-0.3, -0.25) is 9.40 Å². The smallest absolute Gasteiger partial charge is 0.265 e. The number of anilines is 1. The van der Waals surface area contributed by atoms with Crippen LogP contribution in [0, 0.1) is 0 Å². The SMILES string of the molecule is CC(C)c1ccccc1NS(=O)(=O)c1cnn(CCO)c1. The van der Waals surface area contributed by atoms with Gasteiger partial charge in [-0.25, -0.2) is 8.42 Å². The number of rotatable bonds is 6. The van der Waals surface area contributed by atoms with Crippen LogP contribution in [-0.2, 0) is 16.6 Å². The van der Waals surface area contributed by atoms with Crippen molar-refractivity contribution in [1.82, 2.24) is 9.78 Å². The zero-order valence-electron chi connectivity index (χ0n) is 12.0. The molecule has 114 valence electrons. The summed E-state index contributed by atoms with van der Waals surface area (Å²) < 4.78 is 28.7. The third kappa shape index (κ3) is 3.62. The highest BCUT2D eigenvalue weighted by molar-refractivity contribution is 7.92. The van der Waals surface area contributed by atoms with E-state index >= 15 is 0 Å². The van der Waals surface area contributed by atoms with Crippen LogP contribution in [0.2, 0.25) is 0 Å². The van der Waals surface area contributed by atoms with E-state index in [2.05, 4.69) is 9.82 Å². The van der Waals surface area contributed by atoms with Crippen LogP contribution in [0.3, 0.4) is 0 Å². The molecule has 1 heterocycles. The van der Waals surface area contributed by atoms with Gasteiger partial charge in [0.1, 0.15) is 4.90 Å². The Labute approximate surface area is 124 Å². The molecule has 7 heteroatoms. The first kappa shape index (κ1) is 15.5. The second kappa shape index (κ2) is 6.28. The summed E-state index contributed by atoms with van der Waals surface area (Å²) >= 11 is 0. The molecule has 0 spiro atoms. The lowest BCUT2D eigenvalue weighted by molar-refractivity contribution is 0.269. The van der Waals surface area contributed by atoms with Gasteiger partial charge in [0.15, 0.2) is 0 Å². The molecule has 0 unspecified atom stereocenters. The number of hydrogen-bond donors (Lipinski definition) is 2. The predicted octanol–water partition coefficient (Wildman–Crippen LogP) is 1.80. The lowest BCUT2D eigenvalue weighted by Gasteiger charge is -2.14. The van der Waals surface area contributed by atoms with E-state index in [1.165, 1.54) is 17.1 Å². The van der Waals surface area contributed by atoms with Gasteiger partial charge in [-0.15, -0.1) is 0 Å². The molecular weight excluding hydrogens is 290 g/mol. The van der Waals surface area contributed by atoms with Gasteiger partial charge in [-0.05, 0) is 17.5 Å². The van der Waals surface area contributed by atoms with Crippen molar-refractivity contribution < 1.29 is 13.5 Å². The molecule has 0 radical (unpaired) electrons. The fourth-order valence-corrected chi connectivity index (χ4v) is 3.04. The molecule has 21 heavy (non-hydrogen) atoms. The summed E-state index contributed by atoms with van der Waals surface area (Å²) in [6.07, 6.45) is 2.67. The molecule has 0 aliphatic rings. The first-order valence-electron chi connectivity index (χ1n) is 6.69. The summed E-state index contributed by atoms with van der Waals surface area (Å²) in [4.78, 5) is 0.0782. The van der Waals surface area contributed by atoms with Gasteiger partial charge >= 0.3 is 0 Å². The molecule has 1 aromatic heterocycles. The van der Waals surface area contributed by atoms with Crippen LogP contribution in [0.5, 0.6) is 0 Å². The zero-order valence-corrected chi connectivity index (χ0v) is 12.8. The number of benzene rings is 1. The van der Waals surface area contributed by atoms with E-state index in [4.69, 9.17) is 5.11 Å². The number of aromatic nitrogens is 2. The van der Waals surface area contributed by atoms with Crippen molar-refractivity contribution in [3.05, 3.63) is 42.2 Å². The van der Waals surface area contributed by atoms with Crippen LogP contribution in [0.4, 0.5) is 5.69 Å². The minimum atomic E-state index is -3.68. The van der Waals surface area contributed by atoms with Crippen molar-refractivity contribution in [3.8, 4) is 0 Å². The summed E-state index contributed by atoms with van der Waals surface area (Å²) in [5.74, 6) is 0.209. The van der Waals surface area contributed by atoms with Gasteiger partial charge in [0.25, 0.3) is 10.0 Å². The van der Waals surface area contributed by atoms with Gasteiger partial charge < -0.3 is 5.11 Å². The van der Waals surface area contributed by atoms with Gasteiger partial charge in [-0.1, -0.05) is 32.0 Å². The molecular formula is C14H19N3O3S. The summed E-state index contributed by atoms with van der Waals surface area (Å²) in [7, 11) is -3.68. The molecule has 0 saturated carbocycles. The van der Waals surface area contributed by atoms with Crippen molar-refractivity contribution in [2.24, 2.45) is 0 Å². The van der Waals surface area contributed by atoms with Crippen molar-refractivity contribution in [2.45, 2.75) is 31.2 Å². The van der Waals surface area contributed by atoms with Crippen LogP contribution in [0.1, 0.15) is 25.3 Å². The average molecular weight is 309 g/mol. The lowest BCUT2D eigenvalue weighted by Crippen LogP contribution is -2.14. The predicted molar refractivity (Wildman–Crippen MR) is 80.7 cm³/mol. The maximum Gasteiger partial charge on any atom is 0.265 e. The van der Waals surface area contributed by atoms with Crippen molar-refractivity contribution in [2.75, 3.05) is 11.3 Å². The van der Waals surface area contributed by atoms with Gasteiger partial charge in [0.05, 0.1) is 25.0 Å². The number of aliphatic hydroxyl groups is 1. The Hall–Kier alpha value is -1.86. The standard InChI is InChI=1S/C14H19N3O3S/c1-11(2)13-5-3-4-6-14(13)16-21(19,20)12-9-15-17(10-12)7-8-18/h3-6,9-11,16,18H,7-8H2,1-2H3. The number of sulfonamides is 1. The Bertz CT molecular complexity index is 708. The van der Waals surface area contributed by atoms with Crippen LogP contribution >= 0.6 is 0 Å². The first-order valence-corrected chi connectivity index (χ1v) is 8.17. The Balaban J connectivity index is 2.29. The largest absolute Gasteiger partial charge is 0.394 e. The topological polar surface area (TPSA) is 84.2 Å². The third-order valence-corrected chi connectivity index (χ3v) is 4.40. The first-order chi connectivity index (χ1) is 9.94. The number of para-hydroxylation sites is 1. The van der Waals surface area contributed by atoms with Crippen molar-refractivity contribution in [3.63, 3.8) is 0 Å². The highest BCUT2D eigenvalue weighted by Crippen LogP contribution is 2.25. The Morgan fingerprint density at radius 1 is 1.33 bits per heavy atom. The number of nitrogens with zero attached hydrogens (tertiary/aromatic N) is 2. The molecule has 0 saturated heterocycles. The minimum Gasteiger partial charge on any atom is -0.394 e. The van der Waals surface area contributed by atoms with Crippen LogP contribution < -0.4 is 4.72 Å². The quantitative estimate of drug-likeness (QED) is 0.852. The number of hydrogen-bond acceptors (Lipinski definition) is 4. The molecule has 6 nitrogen and oxygen atoms in total. The number of nitrogens with one attached hydrogen (secondary N) is 1. The van der Waals surface area contributed by atoms with Crippen molar-refractivity contribution >= 4 is 15.7 Å². The second-order valence-electron chi connectivity index (χ2n) is 5.01. The average Bonchev–Trinajstić information content (AvgIpc) is 2.88. The highest BCUT2D eigenvalue weighted by Gasteiger charge is 2.18. The van der Waals surface area contributed by atoms with Crippen LogP contribution in [0.15, 0.2) is 41.6 Å². The Kier molecular flexibility index (Phi) is 4.64. The molecule has 0 aliphatic heterocycles. The molecule has 0 bridgehead atoms. The molecule has 0 amide bonds. The summed E-state index contributed by atoms with van der Waals surface area (Å²) in [5.41, 5.74) is 1.51. The summed E-state index contributed by atoms with van der Waals surface area (Å²) in [6.45, 7) is 4.18. The number of aliphatic hydroxyl groups excluding tert-OH is 1. The Morgan fingerprint density at radius 3 is 2.71 bits per heavy atom. The molecule has 2 N–H and O–H groups in total. The Morgan fingerprint density at radius 2 is 2.05 bits per heavy atom. The summed E-state index contributed by atoms with van der Waals surface area (Å²) in [5, 5.41) is 12.7. The highest BCUT2D eigenvalue weighted by atomic mass is 32.2. The maximum absolute atomic E-state index is 12.4. The molecule has 0 aliphatic carbocycles. The van der Waals surface area contributed by atoms with Gasteiger partial charge in [0.2, 0.25) is 0 Å². The summed E-state index contributed by atoms with van der Waals surface area (Å²) in [6, 6.07) is 7.31. The molecule has 0 atom stereocenters. The monoisotopic (exact) mass is 309 g/mol. The van der Waals surface area contributed by atoms with Crippen LogP contribution in [0.25, 0.3) is 0 Å². The van der Waals surface area contributed by atoms with E-state index in [0.29, 0.717) is 5.69 Å². The van der Waals surface area contributed by atoms with Gasteiger partial charge in [-0.2, -0.15) is 5.10 Å². The minimum absolute atomic E-state index is 0.0782. The molecule has 0 fully saturated rings. The fourth-order valence-electron chi connectivity index (χ4n) is 2.01. The lowest BCUT2D eigenvalue weighted by atomic mass is 10.0. The molecule has 2 rings (SSSR count). The van der Waals surface area contributed by atoms with Gasteiger partial charge in [0, 0.05) is 6.20 Å². The fraction of sp³-hybridized carbons (Fsp3) is 0.357. The molecule has 2 aromatic rings. The van der Waals surface area contributed by atoms with E-state index < -0.39 is 10.0 Å². The zero-order chi connectivity index (χ0) is 15.5. The maximum atomic E-state index is 12.4. The van der Waals surface area contributed by atoms with E-state index in [0.717, 1.165) is 5.56 Å². The van der Waals surface area contributed by atoms with Crippen molar-refractivity contribution in [1.29, 1.82) is 0 Å². The van der Waals surface area contributed by atoms with E-state index in [1.807, 2.05) is 26.0 Å².